The Labute approximate surface area is 133 Å². The highest BCUT2D eigenvalue weighted by Crippen LogP contribution is 2.38. The Kier molecular flexibility index (Phi) is 4.14. The van der Waals surface area contributed by atoms with Crippen LogP contribution in [0.25, 0.3) is 11.0 Å². The lowest BCUT2D eigenvalue weighted by Gasteiger charge is -2.36. The third-order valence-electron chi connectivity index (χ3n) is 3.76. The summed E-state index contributed by atoms with van der Waals surface area (Å²) in [7, 11) is 0. The summed E-state index contributed by atoms with van der Waals surface area (Å²) in [4.78, 5) is 4.78. The average Bonchev–Trinajstić information content (AvgIpc) is 2.64. The summed E-state index contributed by atoms with van der Waals surface area (Å²) in [6.07, 6.45) is 1.07. The molecule has 0 bridgehead atoms. The second-order valence-corrected chi connectivity index (χ2v) is 8.62. The van der Waals surface area contributed by atoms with Gasteiger partial charge in [0.1, 0.15) is 5.82 Å². The first-order chi connectivity index (χ1) is 9.51. The van der Waals surface area contributed by atoms with Gasteiger partial charge in [-0.3, -0.25) is 0 Å². The molecule has 2 nitrogen and oxygen atoms in total. The molecule has 3 heteroatoms. The molecule has 0 saturated heterocycles. The van der Waals surface area contributed by atoms with E-state index in [4.69, 9.17) is 16.6 Å². The quantitative estimate of drug-likeness (QED) is 0.654. The van der Waals surface area contributed by atoms with Gasteiger partial charge in [-0.25, -0.2) is 4.98 Å². The van der Waals surface area contributed by atoms with Crippen molar-refractivity contribution in [1.29, 1.82) is 0 Å². The van der Waals surface area contributed by atoms with Gasteiger partial charge in [-0.15, -0.1) is 11.6 Å². The standard InChI is InChI=1S/C18H27ClN2/c1-12-8-9-14-15(10-12)21(16(20-14)13(2)19)18(6,7)11-17(3,4)5/h8-10,13H,11H2,1-7H3. The van der Waals surface area contributed by atoms with Crippen LogP contribution in [0.1, 0.15) is 64.7 Å². The largest absolute Gasteiger partial charge is 0.321 e. The first-order valence-electron chi connectivity index (χ1n) is 7.65. The second kappa shape index (κ2) is 5.31. The van der Waals surface area contributed by atoms with Gasteiger partial charge in [0.2, 0.25) is 0 Å². The smallest absolute Gasteiger partial charge is 0.128 e. The molecule has 2 rings (SSSR count). The number of nitrogens with zero attached hydrogens (tertiary/aromatic N) is 2. The lowest BCUT2D eigenvalue weighted by Crippen LogP contribution is -2.33. The van der Waals surface area contributed by atoms with E-state index < -0.39 is 0 Å². The fourth-order valence-electron chi connectivity index (χ4n) is 3.48. The predicted octanol–water partition coefficient (Wildman–Crippen LogP) is 5.82. The highest BCUT2D eigenvalue weighted by atomic mass is 35.5. The molecular weight excluding hydrogens is 280 g/mol. The topological polar surface area (TPSA) is 17.8 Å². The molecular formula is C18H27ClN2. The molecule has 1 heterocycles. The molecule has 116 valence electrons. The van der Waals surface area contributed by atoms with Gasteiger partial charge in [0.15, 0.2) is 0 Å². The minimum atomic E-state index is -0.100. The van der Waals surface area contributed by atoms with E-state index in [2.05, 4.69) is 64.3 Å². The first kappa shape index (κ1) is 16.4. The Bertz CT molecular complexity index is 645. The van der Waals surface area contributed by atoms with Crippen LogP contribution in [0, 0.1) is 12.3 Å². The molecule has 1 atom stereocenters. The Morgan fingerprint density at radius 3 is 2.33 bits per heavy atom. The molecule has 0 fully saturated rings. The van der Waals surface area contributed by atoms with Crippen molar-refractivity contribution in [3.63, 3.8) is 0 Å². The molecule has 1 aromatic heterocycles. The van der Waals surface area contributed by atoms with Gasteiger partial charge in [0.25, 0.3) is 0 Å². The third-order valence-corrected chi connectivity index (χ3v) is 3.96. The number of rotatable bonds is 3. The predicted molar refractivity (Wildman–Crippen MR) is 92.1 cm³/mol. The van der Waals surface area contributed by atoms with Crippen LogP contribution in [0.4, 0.5) is 0 Å². The van der Waals surface area contributed by atoms with Crippen LogP contribution in [0.2, 0.25) is 0 Å². The summed E-state index contributed by atoms with van der Waals surface area (Å²) in [6.45, 7) is 15.5. The van der Waals surface area contributed by atoms with Crippen molar-refractivity contribution >= 4 is 22.6 Å². The van der Waals surface area contributed by atoms with Crippen molar-refractivity contribution in [2.45, 2.75) is 65.8 Å². The van der Waals surface area contributed by atoms with Crippen molar-refractivity contribution < 1.29 is 0 Å². The number of imidazole rings is 1. The Morgan fingerprint density at radius 1 is 1.19 bits per heavy atom. The third kappa shape index (κ3) is 3.42. The molecule has 0 aliphatic carbocycles. The molecule has 0 N–H and O–H groups in total. The lowest BCUT2D eigenvalue weighted by atomic mass is 9.81. The molecule has 0 radical (unpaired) electrons. The SMILES string of the molecule is Cc1ccc2nc(C(C)Cl)n(C(C)(C)CC(C)(C)C)c2c1. The summed E-state index contributed by atoms with van der Waals surface area (Å²) in [5, 5.41) is -0.100. The molecule has 0 amide bonds. The van der Waals surface area contributed by atoms with Crippen molar-refractivity contribution in [2.24, 2.45) is 5.41 Å². The monoisotopic (exact) mass is 306 g/mol. The average molecular weight is 307 g/mol. The van der Waals surface area contributed by atoms with Gasteiger partial charge < -0.3 is 4.57 Å². The number of benzene rings is 1. The minimum absolute atomic E-state index is 0.0285. The van der Waals surface area contributed by atoms with Crippen LogP contribution in [-0.2, 0) is 5.54 Å². The molecule has 2 aromatic rings. The van der Waals surface area contributed by atoms with Gasteiger partial charge in [-0.2, -0.15) is 0 Å². The van der Waals surface area contributed by atoms with E-state index in [1.807, 2.05) is 6.92 Å². The number of aromatic nitrogens is 2. The fraction of sp³-hybridized carbons (Fsp3) is 0.611. The van der Waals surface area contributed by atoms with E-state index in [0.717, 1.165) is 17.8 Å². The van der Waals surface area contributed by atoms with Gasteiger partial charge in [0.05, 0.1) is 16.4 Å². The van der Waals surface area contributed by atoms with E-state index >= 15 is 0 Å². The van der Waals surface area contributed by atoms with Crippen molar-refractivity contribution in [2.75, 3.05) is 0 Å². The second-order valence-electron chi connectivity index (χ2n) is 7.96. The van der Waals surface area contributed by atoms with Crippen LogP contribution < -0.4 is 0 Å². The summed E-state index contributed by atoms with van der Waals surface area (Å²) < 4.78 is 2.35. The van der Waals surface area contributed by atoms with E-state index in [0.29, 0.717) is 0 Å². The van der Waals surface area contributed by atoms with E-state index in [-0.39, 0.29) is 16.3 Å². The van der Waals surface area contributed by atoms with E-state index in [1.165, 1.54) is 11.1 Å². The molecule has 1 unspecified atom stereocenters. The van der Waals surface area contributed by atoms with Crippen LogP contribution in [-0.4, -0.2) is 9.55 Å². The number of hydrogen-bond donors (Lipinski definition) is 0. The van der Waals surface area contributed by atoms with Gasteiger partial charge in [-0.05, 0) is 57.2 Å². The van der Waals surface area contributed by atoms with Crippen LogP contribution in [0.3, 0.4) is 0 Å². The summed E-state index contributed by atoms with van der Waals surface area (Å²) in [5.74, 6) is 0.964. The van der Waals surface area contributed by atoms with Crippen molar-refractivity contribution in [1.82, 2.24) is 9.55 Å². The maximum Gasteiger partial charge on any atom is 0.128 e. The normalized spacial score (nSPS) is 14.7. The Balaban J connectivity index is 2.70. The molecule has 1 aromatic carbocycles. The molecule has 0 spiro atoms. The van der Waals surface area contributed by atoms with E-state index in [9.17, 15) is 0 Å². The zero-order chi connectivity index (χ0) is 16.0. The fourth-order valence-corrected chi connectivity index (χ4v) is 3.63. The number of alkyl halides is 1. The molecule has 0 aliphatic heterocycles. The van der Waals surface area contributed by atoms with Crippen molar-refractivity contribution in [3.8, 4) is 0 Å². The van der Waals surface area contributed by atoms with E-state index in [1.54, 1.807) is 0 Å². The zero-order valence-corrected chi connectivity index (χ0v) is 15.0. The maximum absolute atomic E-state index is 6.41. The van der Waals surface area contributed by atoms with Crippen LogP contribution in [0.5, 0.6) is 0 Å². The molecule has 21 heavy (non-hydrogen) atoms. The highest BCUT2D eigenvalue weighted by Gasteiger charge is 2.31. The Hall–Kier alpha value is -1.02. The molecule has 0 aliphatic rings. The Morgan fingerprint density at radius 2 is 1.81 bits per heavy atom. The number of aryl methyl sites for hydroxylation is 1. The first-order valence-corrected chi connectivity index (χ1v) is 8.08. The summed E-state index contributed by atoms with van der Waals surface area (Å²) in [5.41, 5.74) is 3.69. The summed E-state index contributed by atoms with van der Waals surface area (Å²) >= 11 is 6.41. The molecule has 0 saturated carbocycles. The number of fused-ring (bicyclic) bond motifs is 1. The highest BCUT2D eigenvalue weighted by molar-refractivity contribution is 6.20. The van der Waals surface area contributed by atoms with Gasteiger partial charge in [-0.1, -0.05) is 26.8 Å². The van der Waals surface area contributed by atoms with Gasteiger partial charge in [0, 0.05) is 5.54 Å². The van der Waals surface area contributed by atoms with Crippen LogP contribution >= 0.6 is 11.6 Å². The number of hydrogen-bond acceptors (Lipinski definition) is 1. The summed E-state index contributed by atoms with van der Waals surface area (Å²) in [6, 6.07) is 6.42. The van der Waals surface area contributed by atoms with Crippen molar-refractivity contribution in [3.05, 3.63) is 29.6 Å². The van der Waals surface area contributed by atoms with Crippen LogP contribution in [0.15, 0.2) is 18.2 Å². The number of halogens is 1. The van der Waals surface area contributed by atoms with Gasteiger partial charge >= 0.3 is 0 Å². The maximum atomic E-state index is 6.41. The lowest BCUT2D eigenvalue weighted by molar-refractivity contribution is 0.215. The zero-order valence-electron chi connectivity index (χ0n) is 14.3. The minimum Gasteiger partial charge on any atom is -0.321 e.